The summed E-state index contributed by atoms with van der Waals surface area (Å²) < 4.78 is 1.16. The highest BCUT2D eigenvalue weighted by atomic mass is 32.1. The number of benzene rings is 2. The van der Waals surface area contributed by atoms with Crippen molar-refractivity contribution in [3.8, 4) is 0 Å². The van der Waals surface area contributed by atoms with Crippen molar-refractivity contribution >= 4 is 49.7 Å². The Kier molecular flexibility index (Phi) is 5.70. The first-order valence-corrected chi connectivity index (χ1v) is 12.1. The molecule has 4 aromatic rings. The first kappa shape index (κ1) is 20.8. The van der Waals surface area contributed by atoms with E-state index in [-0.39, 0.29) is 11.9 Å². The van der Waals surface area contributed by atoms with Gasteiger partial charge in [-0.1, -0.05) is 36.4 Å². The van der Waals surface area contributed by atoms with Crippen LogP contribution in [0.2, 0.25) is 0 Å². The molecule has 1 amide bonds. The molecule has 1 aliphatic carbocycles. The largest absolute Gasteiger partial charge is 0.377 e. The smallest absolute Gasteiger partial charge is 0.252 e. The summed E-state index contributed by atoms with van der Waals surface area (Å²) in [5, 5.41) is 11.1. The predicted octanol–water partition coefficient (Wildman–Crippen LogP) is 5.67. The van der Waals surface area contributed by atoms with Gasteiger partial charge in [0.25, 0.3) is 5.91 Å². The molecule has 2 aromatic heterocycles. The molecule has 32 heavy (non-hydrogen) atoms. The van der Waals surface area contributed by atoms with Gasteiger partial charge in [-0.05, 0) is 37.8 Å². The zero-order chi connectivity index (χ0) is 22.1. The fourth-order valence-corrected chi connectivity index (χ4v) is 5.55. The number of anilines is 2. The van der Waals surface area contributed by atoms with E-state index in [9.17, 15) is 4.79 Å². The second-order valence-corrected chi connectivity index (χ2v) is 9.66. The Morgan fingerprint density at radius 2 is 1.66 bits per heavy atom. The van der Waals surface area contributed by atoms with Gasteiger partial charge in [0.05, 0.1) is 11.1 Å². The number of nitrogens with one attached hydrogen (secondary N) is 2. The molecule has 2 heterocycles. The van der Waals surface area contributed by atoms with Crippen molar-refractivity contribution in [2.45, 2.75) is 37.8 Å². The van der Waals surface area contributed by atoms with Gasteiger partial charge in [-0.2, -0.15) is 0 Å². The Morgan fingerprint density at radius 3 is 2.44 bits per heavy atom. The molecule has 2 aromatic carbocycles. The maximum atomic E-state index is 12.9. The van der Waals surface area contributed by atoms with Gasteiger partial charge in [0.15, 0.2) is 0 Å². The van der Waals surface area contributed by atoms with Crippen LogP contribution in [-0.4, -0.2) is 37.1 Å². The number of hydrogen-bond acceptors (Lipinski definition) is 5. The Bertz CT molecular complexity index is 1260. The summed E-state index contributed by atoms with van der Waals surface area (Å²) in [6.07, 6.45) is 3.97. The molecule has 0 radical (unpaired) electrons. The summed E-state index contributed by atoms with van der Waals surface area (Å²) in [4.78, 5) is 19.8. The van der Waals surface area contributed by atoms with Gasteiger partial charge in [-0.25, -0.2) is 4.98 Å². The second kappa shape index (κ2) is 8.79. The summed E-state index contributed by atoms with van der Waals surface area (Å²) >= 11 is 1.63. The number of rotatable bonds is 5. The number of carbonyl (C=O) groups excluding carboxylic acids is 1. The third-order valence-corrected chi connectivity index (χ3v) is 7.28. The monoisotopic (exact) mass is 444 g/mol. The van der Waals surface area contributed by atoms with E-state index in [1.807, 2.05) is 29.6 Å². The van der Waals surface area contributed by atoms with E-state index < -0.39 is 0 Å². The van der Waals surface area contributed by atoms with Crippen molar-refractivity contribution in [1.29, 1.82) is 0 Å². The number of carbonyl (C=O) groups is 1. The summed E-state index contributed by atoms with van der Waals surface area (Å²) in [5.41, 5.74) is 2.97. The number of fused-ring (bicyclic) bond motifs is 2. The molecule has 0 unspecified atom stereocenters. The van der Waals surface area contributed by atoms with Gasteiger partial charge in [0, 0.05) is 58.8 Å². The Labute approximate surface area is 192 Å². The van der Waals surface area contributed by atoms with Gasteiger partial charge >= 0.3 is 0 Å². The van der Waals surface area contributed by atoms with Crippen LogP contribution in [0, 0.1) is 0 Å². The summed E-state index contributed by atoms with van der Waals surface area (Å²) in [5.74, 6) is 0.968. The molecule has 0 spiro atoms. The highest BCUT2D eigenvalue weighted by Gasteiger charge is 2.24. The normalized spacial score (nSPS) is 18.6. The zero-order valence-corrected chi connectivity index (χ0v) is 19.3. The van der Waals surface area contributed by atoms with Gasteiger partial charge in [-0.15, -0.1) is 11.3 Å². The van der Waals surface area contributed by atoms with Crippen molar-refractivity contribution < 1.29 is 4.79 Å². The number of para-hydroxylation sites is 1. The number of aromatic nitrogens is 1. The number of amides is 1. The highest BCUT2D eigenvalue weighted by Crippen LogP contribution is 2.30. The zero-order valence-electron chi connectivity index (χ0n) is 18.5. The lowest BCUT2D eigenvalue weighted by Crippen LogP contribution is -2.40. The van der Waals surface area contributed by atoms with E-state index in [4.69, 9.17) is 4.98 Å². The molecular formula is C26H28N4OS. The Balaban J connectivity index is 1.22. The predicted molar refractivity (Wildman–Crippen MR) is 135 cm³/mol. The van der Waals surface area contributed by atoms with E-state index in [1.165, 1.54) is 5.69 Å². The summed E-state index contributed by atoms with van der Waals surface area (Å²) in [6.45, 7) is 0. The van der Waals surface area contributed by atoms with Gasteiger partial charge in [-0.3, -0.25) is 4.79 Å². The van der Waals surface area contributed by atoms with Crippen LogP contribution in [0.15, 0.2) is 60.0 Å². The fraction of sp³-hybridized carbons (Fsp3) is 0.308. The van der Waals surface area contributed by atoms with Crippen LogP contribution < -0.4 is 15.5 Å². The maximum absolute atomic E-state index is 12.9. The van der Waals surface area contributed by atoms with Crippen molar-refractivity contribution in [1.82, 2.24) is 10.3 Å². The number of thiophene rings is 1. The lowest BCUT2D eigenvalue weighted by atomic mass is 9.91. The van der Waals surface area contributed by atoms with Crippen molar-refractivity contribution in [3.05, 3.63) is 65.5 Å². The first-order valence-electron chi connectivity index (χ1n) is 11.2. The standard InChI is InChI=1S/C26H28N4OS/c1-30(2)23-15-25(29-22-9-5-3-8-20(22)23)27-17-11-13-18(14-12-17)28-26(31)21-16-32-24-10-6-4-7-19(21)24/h3-10,15-18H,11-14H2,1-2H3,(H,27,29)(H,28,31)/t17-,18+. The molecule has 2 N–H and O–H groups in total. The van der Waals surface area contributed by atoms with Crippen LogP contribution in [-0.2, 0) is 0 Å². The minimum absolute atomic E-state index is 0.0469. The number of pyridine rings is 1. The van der Waals surface area contributed by atoms with Crippen LogP contribution in [0.4, 0.5) is 11.5 Å². The Hall–Kier alpha value is -3.12. The van der Waals surface area contributed by atoms with Crippen LogP contribution in [0.25, 0.3) is 21.0 Å². The first-order chi connectivity index (χ1) is 15.6. The molecule has 0 aliphatic heterocycles. The SMILES string of the molecule is CN(C)c1cc(N[C@H]2CC[C@@H](NC(=O)c3csc4ccccc34)CC2)nc2ccccc12. The molecule has 0 saturated heterocycles. The van der Waals surface area contributed by atoms with E-state index in [0.717, 1.165) is 58.1 Å². The second-order valence-electron chi connectivity index (χ2n) is 8.75. The van der Waals surface area contributed by atoms with Crippen molar-refractivity contribution in [2.24, 2.45) is 0 Å². The maximum Gasteiger partial charge on any atom is 0.252 e. The highest BCUT2D eigenvalue weighted by molar-refractivity contribution is 7.17. The van der Waals surface area contributed by atoms with Crippen LogP contribution in [0.1, 0.15) is 36.0 Å². The minimum atomic E-state index is 0.0469. The molecular weight excluding hydrogens is 416 g/mol. The quantitative estimate of drug-likeness (QED) is 0.416. The van der Waals surface area contributed by atoms with Crippen LogP contribution >= 0.6 is 11.3 Å². The van der Waals surface area contributed by atoms with E-state index in [1.54, 1.807) is 11.3 Å². The van der Waals surface area contributed by atoms with E-state index in [0.29, 0.717) is 6.04 Å². The molecule has 0 bridgehead atoms. The van der Waals surface area contributed by atoms with Crippen LogP contribution in [0.3, 0.4) is 0 Å². The van der Waals surface area contributed by atoms with Gasteiger partial charge in [0.1, 0.15) is 5.82 Å². The topological polar surface area (TPSA) is 57.3 Å². The number of hydrogen-bond donors (Lipinski definition) is 2. The van der Waals surface area contributed by atoms with E-state index >= 15 is 0 Å². The molecule has 5 rings (SSSR count). The minimum Gasteiger partial charge on any atom is -0.377 e. The molecule has 6 heteroatoms. The van der Waals surface area contributed by atoms with Crippen LogP contribution in [0.5, 0.6) is 0 Å². The average molecular weight is 445 g/mol. The fourth-order valence-electron chi connectivity index (χ4n) is 4.61. The lowest BCUT2D eigenvalue weighted by Gasteiger charge is -2.30. The van der Waals surface area contributed by atoms with Crippen molar-refractivity contribution in [3.63, 3.8) is 0 Å². The summed E-state index contributed by atoms with van der Waals surface area (Å²) in [7, 11) is 4.13. The van der Waals surface area contributed by atoms with Crippen molar-refractivity contribution in [2.75, 3.05) is 24.3 Å². The third kappa shape index (κ3) is 4.15. The third-order valence-electron chi connectivity index (χ3n) is 6.32. The lowest BCUT2D eigenvalue weighted by molar-refractivity contribution is 0.0928. The number of nitrogens with zero attached hydrogens (tertiary/aromatic N) is 2. The molecule has 164 valence electrons. The average Bonchev–Trinajstić information content (AvgIpc) is 3.24. The Morgan fingerprint density at radius 1 is 0.969 bits per heavy atom. The molecule has 1 fully saturated rings. The van der Waals surface area contributed by atoms with Gasteiger partial charge < -0.3 is 15.5 Å². The van der Waals surface area contributed by atoms with E-state index in [2.05, 4.69) is 60.0 Å². The molecule has 1 saturated carbocycles. The summed E-state index contributed by atoms with van der Waals surface area (Å²) in [6, 6.07) is 19.1. The van der Waals surface area contributed by atoms with Gasteiger partial charge in [0.2, 0.25) is 0 Å². The molecule has 5 nitrogen and oxygen atoms in total. The molecule has 1 aliphatic rings. The molecule has 0 atom stereocenters.